The highest BCUT2D eigenvalue weighted by Gasteiger charge is 2.10. The highest BCUT2D eigenvalue weighted by molar-refractivity contribution is 7.80. The van der Waals surface area contributed by atoms with Gasteiger partial charge in [0.1, 0.15) is 5.75 Å². The number of ether oxygens (including phenoxy) is 1. The minimum Gasteiger partial charge on any atom is -0.433 e. The normalized spacial score (nSPS) is 10.6. The fourth-order valence-corrected chi connectivity index (χ4v) is 1.31. The Bertz CT molecular complexity index is 320. The third kappa shape index (κ3) is 2.90. The van der Waals surface area contributed by atoms with Crippen LogP contribution in [-0.4, -0.2) is 6.61 Å². The highest BCUT2D eigenvalue weighted by atomic mass is 35.5. The summed E-state index contributed by atoms with van der Waals surface area (Å²) in [6.07, 6.45) is 0. The molecule has 72 valence electrons. The van der Waals surface area contributed by atoms with E-state index in [1.54, 1.807) is 0 Å². The summed E-state index contributed by atoms with van der Waals surface area (Å²) in [6, 6.07) is 2.53. The van der Waals surface area contributed by atoms with Crippen LogP contribution < -0.4 is 4.74 Å². The number of hydrogen-bond acceptors (Lipinski definition) is 2. The summed E-state index contributed by atoms with van der Waals surface area (Å²) in [5, 5.41) is 0.318. The second-order valence-electron chi connectivity index (χ2n) is 2.11. The number of halogens is 4. The lowest BCUT2D eigenvalue weighted by Crippen LogP contribution is -2.02. The molecule has 13 heavy (non-hydrogen) atoms. The largest absolute Gasteiger partial charge is 0.433 e. The molecule has 1 aromatic rings. The standard InChI is InChI=1S/C7H4Cl2F2OS/c8-3-1-4(9)6(13)2-5(3)12-7(10)11/h1-2,7,13H. The molecule has 0 heterocycles. The molecule has 0 aliphatic heterocycles. The van der Waals surface area contributed by atoms with E-state index >= 15 is 0 Å². The van der Waals surface area contributed by atoms with Crippen molar-refractivity contribution in [3.63, 3.8) is 0 Å². The van der Waals surface area contributed by atoms with E-state index in [9.17, 15) is 8.78 Å². The van der Waals surface area contributed by atoms with Gasteiger partial charge in [-0.15, -0.1) is 12.6 Å². The van der Waals surface area contributed by atoms with E-state index in [0.29, 0.717) is 4.90 Å². The minimum absolute atomic E-state index is 0.0306. The second kappa shape index (κ2) is 4.35. The molecule has 0 atom stereocenters. The maximum absolute atomic E-state index is 11.8. The minimum atomic E-state index is -2.91. The van der Waals surface area contributed by atoms with E-state index in [0.717, 1.165) is 0 Å². The van der Waals surface area contributed by atoms with E-state index in [1.165, 1.54) is 12.1 Å². The van der Waals surface area contributed by atoms with Gasteiger partial charge in [-0.3, -0.25) is 0 Å². The zero-order chi connectivity index (χ0) is 10.0. The van der Waals surface area contributed by atoms with Crippen LogP contribution in [0.3, 0.4) is 0 Å². The summed E-state index contributed by atoms with van der Waals surface area (Å²) in [6.45, 7) is -2.91. The van der Waals surface area contributed by atoms with Crippen LogP contribution in [0.1, 0.15) is 0 Å². The lowest BCUT2D eigenvalue weighted by molar-refractivity contribution is -0.0499. The van der Waals surface area contributed by atoms with E-state index in [2.05, 4.69) is 17.4 Å². The topological polar surface area (TPSA) is 9.23 Å². The van der Waals surface area contributed by atoms with Gasteiger partial charge in [-0.1, -0.05) is 23.2 Å². The summed E-state index contributed by atoms with van der Waals surface area (Å²) in [5.74, 6) is -0.133. The first kappa shape index (κ1) is 10.9. The van der Waals surface area contributed by atoms with Crippen LogP contribution in [0.2, 0.25) is 10.0 Å². The average Bonchev–Trinajstić information content (AvgIpc) is 1.99. The molecule has 0 aliphatic carbocycles. The molecule has 0 N–H and O–H groups in total. The van der Waals surface area contributed by atoms with E-state index in [-0.39, 0.29) is 15.8 Å². The summed E-state index contributed by atoms with van der Waals surface area (Å²) < 4.78 is 27.7. The van der Waals surface area contributed by atoms with Gasteiger partial charge >= 0.3 is 6.61 Å². The van der Waals surface area contributed by atoms with Gasteiger partial charge < -0.3 is 4.74 Å². The van der Waals surface area contributed by atoms with Gasteiger partial charge in [-0.25, -0.2) is 0 Å². The van der Waals surface area contributed by atoms with Crippen molar-refractivity contribution in [1.29, 1.82) is 0 Å². The molecule has 1 aromatic carbocycles. The van der Waals surface area contributed by atoms with Crippen molar-refractivity contribution >= 4 is 35.8 Å². The molecule has 0 saturated carbocycles. The average molecular weight is 245 g/mol. The van der Waals surface area contributed by atoms with Crippen LogP contribution in [0.4, 0.5) is 8.78 Å². The molecule has 0 bridgehead atoms. The number of thiol groups is 1. The quantitative estimate of drug-likeness (QED) is 0.778. The van der Waals surface area contributed by atoms with Crippen LogP contribution in [-0.2, 0) is 0 Å². The number of rotatable bonds is 2. The van der Waals surface area contributed by atoms with Crippen molar-refractivity contribution in [3.8, 4) is 5.75 Å². The molecular formula is C7H4Cl2F2OS. The molecule has 1 rings (SSSR count). The molecule has 0 fully saturated rings. The lowest BCUT2D eigenvalue weighted by Gasteiger charge is -2.07. The number of benzene rings is 1. The molecule has 0 radical (unpaired) electrons. The first-order valence-electron chi connectivity index (χ1n) is 3.13. The molecule has 0 saturated heterocycles. The predicted molar refractivity (Wildman–Crippen MR) is 50.3 cm³/mol. The van der Waals surface area contributed by atoms with Gasteiger partial charge in [0.15, 0.2) is 0 Å². The first-order valence-corrected chi connectivity index (χ1v) is 4.34. The fraction of sp³-hybridized carbons (Fsp3) is 0.143. The third-order valence-corrected chi connectivity index (χ3v) is 2.33. The molecule has 0 aliphatic rings. The summed E-state index contributed by atoms with van der Waals surface area (Å²) in [5.41, 5.74) is 0. The van der Waals surface area contributed by atoms with Crippen molar-refractivity contribution in [2.45, 2.75) is 11.5 Å². The van der Waals surface area contributed by atoms with Crippen LogP contribution >= 0.6 is 35.8 Å². The van der Waals surface area contributed by atoms with E-state index < -0.39 is 6.61 Å². The monoisotopic (exact) mass is 244 g/mol. The molecule has 0 spiro atoms. The summed E-state index contributed by atoms with van der Waals surface area (Å²) in [7, 11) is 0. The van der Waals surface area contributed by atoms with Crippen LogP contribution in [0.5, 0.6) is 5.75 Å². The Balaban J connectivity index is 3.01. The molecule has 0 aromatic heterocycles. The zero-order valence-electron chi connectivity index (χ0n) is 6.10. The Kier molecular flexibility index (Phi) is 3.64. The highest BCUT2D eigenvalue weighted by Crippen LogP contribution is 2.33. The number of alkyl halides is 2. The van der Waals surface area contributed by atoms with Crippen LogP contribution in [0.15, 0.2) is 17.0 Å². The van der Waals surface area contributed by atoms with Gasteiger partial charge in [0, 0.05) is 4.90 Å². The van der Waals surface area contributed by atoms with Crippen molar-refractivity contribution < 1.29 is 13.5 Å². The maximum Gasteiger partial charge on any atom is 0.387 e. The molecule has 0 amide bonds. The predicted octanol–water partition coefficient (Wildman–Crippen LogP) is 3.88. The smallest absolute Gasteiger partial charge is 0.387 e. The fourth-order valence-electron chi connectivity index (χ4n) is 0.705. The van der Waals surface area contributed by atoms with Gasteiger partial charge in [0.2, 0.25) is 0 Å². The number of hydrogen-bond donors (Lipinski definition) is 1. The van der Waals surface area contributed by atoms with Crippen molar-refractivity contribution in [1.82, 2.24) is 0 Å². The molecule has 0 unspecified atom stereocenters. The molecule has 1 nitrogen and oxygen atoms in total. The summed E-state index contributed by atoms with van der Waals surface area (Å²) in [4.78, 5) is 0.335. The van der Waals surface area contributed by atoms with Crippen LogP contribution in [0, 0.1) is 0 Å². The lowest BCUT2D eigenvalue weighted by atomic mass is 10.3. The first-order chi connectivity index (χ1) is 6.00. The molecular weight excluding hydrogens is 241 g/mol. The molecule has 6 heteroatoms. The summed E-state index contributed by atoms with van der Waals surface area (Å²) >= 11 is 15.1. The third-order valence-electron chi connectivity index (χ3n) is 1.22. The van der Waals surface area contributed by atoms with Gasteiger partial charge in [-0.05, 0) is 12.1 Å². The van der Waals surface area contributed by atoms with Crippen molar-refractivity contribution in [2.75, 3.05) is 0 Å². The Morgan fingerprint density at radius 1 is 1.23 bits per heavy atom. The Hall–Kier alpha value is -0.190. The van der Waals surface area contributed by atoms with E-state index in [4.69, 9.17) is 23.2 Å². The van der Waals surface area contributed by atoms with Gasteiger partial charge in [0.05, 0.1) is 10.0 Å². The Morgan fingerprint density at radius 3 is 2.38 bits per heavy atom. The van der Waals surface area contributed by atoms with Crippen LogP contribution in [0.25, 0.3) is 0 Å². The Morgan fingerprint density at radius 2 is 1.85 bits per heavy atom. The van der Waals surface area contributed by atoms with Crippen molar-refractivity contribution in [2.24, 2.45) is 0 Å². The Labute approximate surface area is 89.0 Å². The maximum atomic E-state index is 11.8. The zero-order valence-corrected chi connectivity index (χ0v) is 8.51. The van der Waals surface area contributed by atoms with Gasteiger partial charge in [0.25, 0.3) is 0 Å². The van der Waals surface area contributed by atoms with Crippen molar-refractivity contribution in [3.05, 3.63) is 22.2 Å². The van der Waals surface area contributed by atoms with E-state index in [1.807, 2.05) is 0 Å². The SMILES string of the molecule is FC(F)Oc1cc(S)c(Cl)cc1Cl. The second-order valence-corrected chi connectivity index (χ2v) is 3.41. The van der Waals surface area contributed by atoms with Gasteiger partial charge in [-0.2, -0.15) is 8.78 Å².